The second-order valence-corrected chi connectivity index (χ2v) is 5.89. The van der Waals surface area contributed by atoms with Crippen LogP contribution in [0.3, 0.4) is 0 Å². The highest BCUT2D eigenvalue weighted by atomic mass is 32.1. The molecule has 6 nitrogen and oxygen atoms in total. The number of hydrogen-bond acceptors (Lipinski definition) is 7. The van der Waals surface area contributed by atoms with Gasteiger partial charge < -0.3 is 10.2 Å². The molecule has 2 heterocycles. The summed E-state index contributed by atoms with van der Waals surface area (Å²) >= 11 is 2.82. The lowest BCUT2D eigenvalue weighted by Crippen LogP contribution is -2.23. The van der Waals surface area contributed by atoms with Crippen LogP contribution in [0.4, 0.5) is 5.13 Å². The van der Waals surface area contributed by atoms with E-state index < -0.39 is 0 Å². The fourth-order valence-electron chi connectivity index (χ4n) is 1.48. The number of hydrogen-bond donors (Lipinski definition) is 1. The molecular formula is C11H15N5OS2. The molecule has 1 N–H and O–H groups in total. The van der Waals surface area contributed by atoms with Crippen LogP contribution in [0.15, 0.2) is 11.6 Å². The van der Waals surface area contributed by atoms with E-state index in [1.54, 1.807) is 6.20 Å². The summed E-state index contributed by atoms with van der Waals surface area (Å²) in [7, 11) is 1.98. The molecule has 0 aliphatic carbocycles. The first-order valence-corrected chi connectivity index (χ1v) is 7.46. The number of amides is 1. The smallest absolute Gasteiger partial charge is 0.227 e. The van der Waals surface area contributed by atoms with E-state index in [9.17, 15) is 4.79 Å². The van der Waals surface area contributed by atoms with E-state index in [1.807, 2.05) is 19.4 Å². The minimum absolute atomic E-state index is 0.0130. The molecule has 0 fully saturated rings. The minimum atomic E-state index is -0.0130. The number of aryl methyl sites for hydroxylation is 1. The van der Waals surface area contributed by atoms with Crippen molar-refractivity contribution in [1.29, 1.82) is 0 Å². The number of carbonyl (C=O) groups is 1. The highest BCUT2D eigenvalue weighted by Gasteiger charge is 2.09. The topological polar surface area (TPSA) is 71.0 Å². The Balaban J connectivity index is 1.73. The van der Waals surface area contributed by atoms with Gasteiger partial charge >= 0.3 is 0 Å². The Morgan fingerprint density at radius 3 is 3.00 bits per heavy atom. The van der Waals surface area contributed by atoms with E-state index in [0.717, 1.165) is 17.1 Å². The average Bonchev–Trinajstić information content (AvgIpc) is 3.00. The van der Waals surface area contributed by atoms with E-state index in [-0.39, 0.29) is 5.91 Å². The van der Waals surface area contributed by atoms with Crippen LogP contribution >= 0.6 is 22.9 Å². The van der Waals surface area contributed by atoms with Gasteiger partial charge in [-0.3, -0.25) is 4.79 Å². The third kappa shape index (κ3) is 4.34. The Labute approximate surface area is 119 Å². The van der Waals surface area contributed by atoms with Gasteiger partial charge in [0.05, 0.1) is 10.6 Å². The van der Waals surface area contributed by atoms with Crippen molar-refractivity contribution in [3.05, 3.63) is 22.1 Å². The van der Waals surface area contributed by atoms with Crippen LogP contribution in [-0.4, -0.2) is 39.0 Å². The average molecular weight is 297 g/mol. The van der Waals surface area contributed by atoms with Gasteiger partial charge in [0.15, 0.2) is 5.13 Å². The molecule has 2 rings (SSSR count). The Morgan fingerprint density at radius 2 is 2.37 bits per heavy atom. The fourth-order valence-corrected chi connectivity index (χ4v) is 2.74. The molecule has 19 heavy (non-hydrogen) atoms. The third-order valence-corrected chi connectivity index (χ3v) is 4.05. The fraction of sp³-hybridized carbons (Fsp3) is 0.455. The molecule has 0 spiro atoms. The summed E-state index contributed by atoms with van der Waals surface area (Å²) in [6, 6.07) is 0. The normalized spacial score (nSPS) is 10.9. The lowest BCUT2D eigenvalue weighted by molar-refractivity contribution is -0.116. The highest BCUT2D eigenvalue weighted by molar-refractivity contribution is 7.13. The van der Waals surface area contributed by atoms with Crippen molar-refractivity contribution in [2.75, 3.05) is 18.9 Å². The number of thiazole rings is 1. The van der Waals surface area contributed by atoms with Crippen LogP contribution in [0, 0.1) is 6.92 Å². The zero-order valence-corrected chi connectivity index (χ0v) is 12.4. The monoisotopic (exact) mass is 297 g/mol. The van der Waals surface area contributed by atoms with E-state index in [0.29, 0.717) is 18.1 Å². The first-order chi connectivity index (χ1) is 9.15. The number of aromatic nitrogens is 3. The third-order valence-electron chi connectivity index (χ3n) is 2.56. The lowest BCUT2D eigenvalue weighted by Gasteiger charge is -2.14. The predicted octanol–water partition coefficient (Wildman–Crippen LogP) is 1.76. The van der Waals surface area contributed by atoms with E-state index in [4.69, 9.17) is 0 Å². The van der Waals surface area contributed by atoms with E-state index in [1.165, 1.54) is 22.9 Å². The van der Waals surface area contributed by atoms with Crippen LogP contribution in [0.25, 0.3) is 0 Å². The molecule has 2 aromatic rings. The molecule has 0 saturated heterocycles. The molecule has 0 bridgehead atoms. The molecule has 0 unspecified atom stereocenters. The zero-order chi connectivity index (χ0) is 13.7. The summed E-state index contributed by atoms with van der Waals surface area (Å²) in [6.07, 6.45) is 2.12. The Kier molecular flexibility index (Phi) is 4.94. The van der Waals surface area contributed by atoms with E-state index in [2.05, 4.69) is 24.8 Å². The van der Waals surface area contributed by atoms with Crippen molar-refractivity contribution in [2.24, 2.45) is 0 Å². The summed E-state index contributed by atoms with van der Waals surface area (Å²) in [5.74, 6) is -0.0130. The summed E-state index contributed by atoms with van der Waals surface area (Å²) < 4.78 is 3.90. The maximum Gasteiger partial charge on any atom is 0.227 e. The molecule has 0 aliphatic heterocycles. The number of nitrogens with zero attached hydrogens (tertiary/aromatic N) is 4. The second-order valence-electron chi connectivity index (χ2n) is 4.15. The quantitative estimate of drug-likeness (QED) is 0.880. The summed E-state index contributed by atoms with van der Waals surface area (Å²) in [5, 5.41) is 9.22. The van der Waals surface area contributed by atoms with E-state index >= 15 is 0 Å². The van der Waals surface area contributed by atoms with Gasteiger partial charge in [0.2, 0.25) is 5.91 Å². The summed E-state index contributed by atoms with van der Waals surface area (Å²) in [4.78, 5) is 18.9. The minimum Gasteiger partial charge on any atom is -0.302 e. The van der Waals surface area contributed by atoms with Gasteiger partial charge in [-0.2, -0.15) is 0 Å². The van der Waals surface area contributed by atoms with Crippen molar-refractivity contribution in [1.82, 2.24) is 19.5 Å². The van der Waals surface area contributed by atoms with Gasteiger partial charge in [-0.15, -0.1) is 16.4 Å². The van der Waals surface area contributed by atoms with Crippen molar-refractivity contribution >= 4 is 33.9 Å². The Morgan fingerprint density at radius 1 is 1.53 bits per heavy atom. The predicted molar refractivity (Wildman–Crippen MR) is 76.3 cm³/mol. The van der Waals surface area contributed by atoms with Crippen LogP contribution in [0.1, 0.15) is 17.0 Å². The van der Waals surface area contributed by atoms with Crippen LogP contribution < -0.4 is 5.32 Å². The first-order valence-electron chi connectivity index (χ1n) is 5.81. The van der Waals surface area contributed by atoms with Crippen molar-refractivity contribution in [2.45, 2.75) is 19.9 Å². The number of nitrogens with one attached hydrogen (secondary N) is 1. The largest absolute Gasteiger partial charge is 0.302 e. The molecule has 102 valence electrons. The highest BCUT2D eigenvalue weighted by Crippen LogP contribution is 2.12. The molecule has 0 aliphatic rings. The van der Waals surface area contributed by atoms with Gasteiger partial charge in [0, 0.05) is 31.1 Å². The molecule has 0 atom stereocenters. The van der Waals surface area contributed by atoms with Crippen LogP contribution in [-0.2, 0) is 11.3 Å². The van der Waals surface area contributed by atoms with Gasteiger partial charge in [-0.1, -0.05) is 4.49 Å². The molecule has 0 aromatic carbocycles. The number of rotatable bonds is 6. The van der Waals surface area contributed by atoms with Crippen LogP contribution in [0.2, 0.25) is 0 Å². The Bertz CT molecular complexity index is 525. The summed E-state index contributed by atoms with van der Waals surface area (Å²) in [5.41, 5.74) is 0.962. The van der Waals surface area contributed by atoms with Crippen molar-refractivity contribution < 1.29 is 4.79 Å². The van der Waals surface area contributed by atoms with Gasteiger partial charge in [-0.25, -0.2) is 4.98 Å². The first kappa shape index (κ1) is 14.0. The molecule has 0 radical (unpaired) electrons. The van der Waals surface area contributed by atoms with Crippen molar-refractivity contribution in [3.63, 3.8) is 0 Å². The van der Waals surface area contributed by atoms with Gasteiger partial charge in [0.1, 0.15) is 0 Å². The molecule has 0 saturated carbocycles. The maximum absolute atomic E-state index is 11.7. The maximum atomic E-state index is 11.7. The second kappa shape index (κ2) is 6.69. The summed E-state index contributed by atoms with van der Waals surface area (Å²) in [6.45, 7) is 3.41. The van der Waals surface area contributed by atoms with Crippen molar-refractivity contribution in [3.8, 4) is 0 Å². The Hall–Kier alpha value is -1.38. The molecular weight excluding hydrogens is 282 g/mol. The molecule has 8 heteroatoms. The number of anilines is 1. The standard InChI is InChI=1S/C11H15N5OS2/c1-8-9(19-15-14-8)7-16(2)5-3-10(17)13-11-12-4-6-18-11/h4,6H,3,5,7H2,1-2H3,(H,12,13,17). The lowest BCUT2D eigenvalue weighted by atomic mass is 10.3. The molecule has 2 aromatic heterocycles. The van der Waals surface area contributed by atoms with Gasteiger partial charge in [-0.05, 0) is 25.5 Å². The zero-order valence-electron chi connectivity index (χ0n) is 10.8. The molecule has 1 amide bonds. The number of carbonyl (C=O) groups excluding carboxylic acids is 1. The SMILES string of the molecule is Cc1nnsc1CN(C)CCC(=O)Nc1nccs1. The van der Waals surface area contributed by atoms with Gasteiger partial charge in [0.25, 0.3) is 0 Å². The van der Waals surface area contributed by atoms with Crippen LogP contribution in [0.5, 0.6) is 0 Å².